The molecule has 0 aliphatic carbocycles. The topological polar surface area (TPSA) is 26.3 Å². The molecule has 0 N–H and O–H groups in total. The van der Waals surface area contributed by atoms with Crippen molar-refractivity contribution in [2.45, 2.75) is 6.42 Å². The minimum Gasteiger partial charge on any atom is -0.383 e. The molecular weight excluding hydrogens is 243 g/mol. The molecule has 4 heteroatoms. The van der Waals surface area contributed by atoms with E-state index in [1.165, 1.54) is 0 Å². The second kappa shape index (κ2) is 4.48. The van der Waals surface area contributed by atoms with Crippen LogP contribution in [0.25, 0.3) is 0 Å². The van der Waals surface area contributed by atoms with Crippen LogP contribution in [0.3, 0.4) is 0 Å². The van der Waals surface area contributed by atoms with Crippen molar-refractivity contribution in [1.29, 1.82) is 0 Å². The molecule has 2 nitrogen and oxygen atoms in total. The standard InChI is InChI=1S/C8H6BrClO2/c9-12-8(11)5-6-3-1-2-4-7(6)10/h1-4H,5H2. The Morgan fingerprint density at radius 2 is 2.17 bits per heavy atom. The summed E-state index contributed by atoms with van der Waals surface area (Å²) in [5.74, 6) is -0.358. The van der Waals surface area contributed by atoms with Crippen molar-refractivity contribution in [2.24, 2.45) is 0 Å². The van der Waals surface area contributed by atoms with Crippen LogP contribution < -0.4 is 0 Å². The zero-order chi connectivity index (χ0) is 8.97. The first-order chi connectivity index (χ1) is 5.74. The lowest BCUT2D eigenvalue weighted by Gasteiger charge is -1.99. The molecule has 12 heavy (non-hydrogen) atoms. The maximum absolute atomic E-state index is 10.8. The fourth-order valence-corrected chi connectivity index (χ4v) is 1.14. The Bertz CT molecular complexity index is 288. The van der Waals surface area contributed by atoms with E-state index in [1.807, 2.05) is 12.1 Å². The van der Waals surface area contributed by atoms with Gasteiger partial charge in [0.25, 0.3) is 0 Å². The van der Waals surface area contributed by atoms with Crippen molar-refractivity contribution < 1.29 is 8.62 Å². The predicted molar refractivity (Wildman–Crippen MR) is 50.2 cm³/mol. The zero-order valence-corrected chi connectivity index (χ0v) is 8.43. The van der Waals surface area contributed by atoms with Gasteiger partial charge in [0, 0.05) is 5.02 Å². The summed E-state index contributed by atoms with van der Waals surface area (Å²) >= 11 is 8.41. The van der Waals surface area contributed by atoms with E-state index in [1.54, 1.807) is 12.1 Å². The van der Waals surface area contributed by atoms with Gasteiger partial charge in [0.15, 0.2) is 16.3 Å². The monoisotopic (exact) mass is 248 g/mol. The Kier molecular flexibility index (Phi) is 3.56. The number of carbonyl (C=O) groups excluding carboxylic acids is 1. The van der Waals surface area contributed by atoms with Gasteiger partial charge in [0.2, 0.25) is 0 Å². The molecule has 0 aromatic heterocycles. The van der Waals surface area contributed by atoms with Crippen LogP contribution in [-0.4, -0.2) is 5.97 Å². The number of rotatable bonds is 2. The SMILES string of the molecule is O=C(Cc1ccccc1Cl)OBr. The van der Waals surface area contributed by atoms with Crippen molar-refractivity contribution in [2.75, 3.05) is 0 Å². The molecule has 1 aromatic carbocycles. The highest BCUT2D eigenvalue weighted by molar-refractivity contribution is 9.06. The maximum atomic E-state index is 10.8. The Morgan fingerprint density at radius 1 is 1.50 bits per heavy atom. The van der Waals surface area contributed by atoms with Gasteiger partial charge in [0.1, 0.15) is 0 Å². The van der Waals surface area contributed by atoms with E-state index < -0.39 is 0 Å². The highest BCUT2D eigenvalue weighted by atomic mass is 79.9. The van der Waals surface area contributed by atoms with E-state index >= 15 is 0 Å². The summed E-state index contributed by atoms with van der Waals surface area (Å²) < 4.78 is 4.32. The summed E-state index contributed by atoms with van der Waals surface area (Å²) in [7, 11) is 0. The summed E-state index contributed by atoms with van der Waals surface area (Å²) in [6.45, 7) is 0. The van der Waals surface area contributed by atoms with Gasteiger partial charge in [-0.2, -0.15) is 0 Å². The minimum absolute atomic E-state index is 0.185. The van der Waals surface area contributed by atoms with E-state index in [-0.39, 0.29) is 12.4 Å². The summed E-state index contributed by atoms with van der Waals surface area (Å²) in [5.41, 5.74) is 0.767. The molecule has 0 atom stereocenters. The Hall–Kier alpha value is -0.540. The van der Waals surface area contributed by atoms with Gasteiger partial charge >= 0.3 is 5.97 Å². The number of hydrogen-bond donors (Lipinski definition) is 0. The van der Waals surface area contributed by atoms with Gasteiger partial charge in [-0.1, -0.05) is 29.8 Å². The van der Waals surface area contributed by atoms with Crippen LogP contribution >= 0.6 is 27.9 Å². The molecule has 1 rings (SSSR count). The molecule has 0 aliphatic heterocycles. The van der Waals surface area contributed by atoms with Gasteiger partial charge in [-0.3, -0.25) is 4.79 Å². The molecule has 0 bridgehead atoms. The second-order valence-electron chi connectivity index (χ2n) is 2.22. The summed E-state index contributed by atoms with van der Waals surface area (Å²) in [5, 5.41) is 0.579. The van der Waals surface area contributed by atoms with E-state index in [0.29, 0.717) is 5.02 Å². The third kappa shape index (κ3) is 2.50. The molecule has 0 radical (unpaired) electrons. The van der Waals surface area contributed by atoms with E-state index in [9.17, 15) is 4.79 Å². The highest BCUT2D eigenvalue weighted by Crippen LogP contribution is 2.15. The Labute approximate surface area is 83.9 Å². The Morgan fingerprint density at radius 3 is 2.75 bits per heavy atom. The van der Waals surface area contributed by atoms with E-state index in [4.69, 9.17) is 11.6 Å². The van der Waals surface area contributed by atoms with Gasteiger partial charge in [-0.15, -0.1) is 0 Å². The molecule has 0 spiro atoms. The number of carbonyl (C=O) groups is 1. The van der Waals surface area contributed by atoms with E-state index in [0.717, 1.165) is 5.56 Å². The zero-order valence-electron chi connectivity index (χ0n) is 6.09. The maximum Gasteiger partial charge on any atom is 0.321 e. The third-order valence-electron chi connectivity index (χ3n) is 1.38. The van der Waals surface area contributed by atoms with Crippen molar-refractivity contribution in [1.82, 2.24) is 0 Å². The summed E-state index contributed by atoms with van der Waals surface area (Å²) in [6, 6.07) is 7.15. The quantitative estimate of drug-likeness (QED) is 0.805. The van der Waals surface area contributed by atoms with Gasteiger partial charge < -0.3 is 3.83 Å². The Balaban J connectivity index is 2.75. The average Bonchev–Trinajstić information content (AvgIpc) is 2.09. The number of halogens is 2. The van der Waals surface area contributed by atoms with Gasteiger partial charge in [-0.25, -0.2) is 0 Å². The highest BCUT2D eigenvalue weighted by Gasteiger charge is 2.05. The van der Waals surface area contributed by atoms with Crippen LogP contribution in [0.1, 0.15) is 5.56 Å². The fourth-order valence-electron chi connectivity index (χ4n) is 0.825. The molecule has 0 aliphatic rings. The van der Waals surface area contributed by atoms with Crippen LogP contribution in [0.2, 0.25) is 5.02 Å². The first kappa shape index (κ1) is 9.55. The molecule has 1 aromatic rings. The summed E-state index contributed by atoms with van der Waals surface area (Å²) in [4.78, 5) is 10.8. The molecule has 0 saturated carbocycles. The lowest BCUT2D eigenvalue weighted by molar-refractivity contribution is -0.131. The first-order valence-electron chi connectivity index (χ1n) is 3.29. The molecule has 0 unspecified atom stereocenters. The molecule has 0 heterocycles. The van der Waals surface area contributed by atoms with Crippen LogP contribution in [0, 0.1) is 0 Å². The lowest BCUT2D eigenvalue weighted by Crippen LogP contribution is -2.01. The molecule has 0 amide bonds. The molecule has 64 valence electrons. The van der Waals surface area contributed by atoms with Crippen LogP contribution in [-0.2, 0) is 15.0 Å². The minimum atomic E-state index is -0.358. The average molecular weight is 249 g/mol. The lowest BCUT2D eigenvalue weighted by atomic mass is 10.1. The third-order valence-corrected chi connectivity index (χ3v) is 2.11. The van der Waals surface area contributed by atoms with Crippen molar-refractivity contribution in [3.63, 3.8) is 0 Å². The van der Waals surface area contributed by atoms with Gasteiger partial charge in [0.05, 0.1) is 6.42 Å². The molecular formula is C8H6BrClO2. The van der Waals surface area contributed by atoms with Crippen molar-refractivity contribution >= 4 is 33.8 Å². The first-order valence-corrected chi connectivity index (χ1v) is 4.31. The van der Waals surface area contributed by atoms with Crippen LogP contribution in [0.15, 0.2) is 24.3 Å². The number of benzene rings is 1. The van der Waals surface area contributed by atoms with Crippen LogP contribution in [0.4, 0.5) is 0 Å². The van der Waals surface area contributed by atoms with Crippen molar-refractivity contribution in [3.8, 4) is 0 Å². The van der Waals surface area contributed by atoms with Crippen molar-refractivity contribution in [3.05, 3.63) is 34.9 Å². The predicted octanol–water partition coefficient (Wildman–Crippen LogP) is 2.74. The number of hydrogen-bond acceptors (Lipinski definition) is 2. The van der Waals surface area contributed by atoms with E-state index in [2.05, 4.69) is 20.1 Å². The second-order valence-corrected chi connectivity index (χ2v) is 2.95. The molecule has 0 saturated heterocycles. The fraction of sp³-hybridized carbons (Fsp3) is 0.125. The largest absolute Gasteiger partial charge is 0.383 e. The van der Waals surface area contributed by atoms with Crippen LogP contribution in [0.5, 0.6) is 0 Å². The molecule has 0 fully saturated rings. The summed E-state index contributed by atoms with van der Waals surface area (Å²) in [6.07, 6.45) is 0.185. The van der Waals surface area contributed by atoms with Gasteiger partial charge in [-0.05, 0) is 11.6 Å². The smallest absolute Gasteiger partial charge is 0.321 e. The normalized spacial score (nSPS) is 9.50.